The minimum Gasteiger partial charge on any atom is -0.456 e. The second-order valence-corrected chi connectivity index (χ2v) is 11.5. The molecule has 0 bridgehead atoms. The maximum atomic E-state index is 6.38. The van der Waals surface area contributed by atoms with Crippen molar-refractivity contribution in [2.45, 2.75) is 0 Å². The molecule has 214 valence electrons. The molecule has 0 aliphatic rings. The lowest BCUT2D eigenvalue weighted by Crippen LogP contribution is -2.00. The molecule has 6 aromatic carbocycles. The molecule has 0 saturated carbocycles. The molecule has 0 spiro atoms. The van der Waals surface area contributed by atoms with E-state index in [4.69, 9.17) is 23.8 Å². The minimum atomic E-state index is 0.562. The summed E-state index contributed by atoms with van der Waals surface area (Å²) in [5.74, 6) is 1.72. The lowest BCUT2D eigenvalue weighted by Gasteiger charge is -2.10. The van der Waals surface area contributed by atoms with E-state index in [9.17, 15) is 0 Å². The molecule has 0 aliphatic carbocycles. The van der Waals surface area contributed by atoms with Gasteiger partial charge in [-0.2, -0.15) is 0 Å². The first-order valence-corrected chi connectivity index (χ1v) is 15.1. The van der Waals surface area contributed by atoms with Crippen LogP contribution in [0.5, 0.6) is 0 Å². The lowest BCUT2D eigenvalue weighted by atomic mass is 10.0. The normalized spacial score (nSPS) is 11.9. The van der Waals surface area contributed by atoms with Crippen molar-refractivity contribution in [2.24, 2.45) is 0 Å². The summed E-state index contributed by atoms with van der Waals surface area (Å²) in [5.41, 5.74) is 6.72. The fourth-order valence-corrected chi connectivity index (χ4v) is 6.61. The van der Waals surface area contributed by atoms with Crippen molar-refractivity contribution in [1.29, 1.82) is 0 Å². The number of furan rings is 2. The number of nitrogens with zero attached hydrogens (tertiary/aromatic N) is 4. The van der Waals surface area contributed by atoms with Crippen molar-refractivity contribution in [3.05, 3.63) is 134 Å². The van der Waals surface area contributed by atoms with Crippen LogP contribution in [0.3, 0.4) is 0 Å². The molecule has 0 radical (unpaired) electrons. The summed E-state index contributed by atoms with van der Waals surface area (Å²) in [6.45, 7) is 0. The van der Waals surface area contributed by atoms with Crippen molar-refractivity contribution in [3.8, 4) is 34.2 Å². The molecule has 10 aromatic rings. The standard InChI is InChI=1S/C40H22N4O2/c1-2-9-24-20-26(18-17-23(24)8-1)38-42-39(28-12-5-15-33-36(28)27-11-3-4-14-32(27)45-33)44-40(43-38)29-13-6-16-34-37(29)30-22-31-25(10-7-19-41-31)21-35(30)46-34/h1-22H. The molecule has 0 atom stereocenters. The largest absolute Gasteiger partial charge is 0.456 e. The number of pyridine rings is 1. The molecular weight excluding hydrogens is 568 g/mol. The Kier molecular flexibility index (Phi) is 5.19. The summed E-state index contributed by atoms with van der Waals surface area (Å²) in [6, 6.07) is 42.9. The number of benzene rings is 6. The van der Waals surface area contributed by atoms with E-state index in [-0.39, 0.29) is 0 Å². The van der Waals surface area contributed by atoms with Crippen LogP contribution in [0.25, 0.3) is 99.7 Å². The molecule has 4 aromatic heterocycles. The van der Waals surface area contributed by atoms with Gasteiger partial charge in [0.1, 0.15) is 22.3 Å². The highest BCUT2D eigenvalue weighted by Crippen LogP contribution is 2.40. The molecule has 6 nitrogen and oxygen atoms in total. The summed E-state index contributed by atoms with van der Waals surface area (Å²) in [7, 11) is 0. The van der Waals surface area contributed by atoms with Gasteiger partial charge in [0.15, 0.2) is 17.5 Å². The fourth-order valence-electron chi connectivity index (χ4n) is 6.61. The summed E-state index contributed by atoms with van der Waals surface area (Å²) in [6.07, 6.45) is 1.81. The summed E-state index contributed by atoms with van der Waals surface area (Å²) in [4.78, 5) is 20.0. The Morgan fingerprint density at radius 1 is 0.413 bits per heavy atom. The van der Waals surface area contributed by atoms with Crippen LogP contribution in [-0.2, 0) is 0 Å². The van der Waals surface area contributed by atoms with Gasteiger partial charge in [-0.25, -0.2) is 15.0 Å². The summed E-state index contributed by atoms with van der Waals surface area (Å²) >= 11 is 0. The van der Waals surface area contributed by atoms with E-state index in [2.05, 4.69) is 59.6 Å². The van der Waals surface area contributed by atoms with Gasteiger partial charge in [0, 0.05) is 49.8 Å². The Balaban J connectivity index is 1.28. The first-order valence-electron chi connectivity index (χ1n) is 15.1. The monoisotopic (exact) mass is 590 g/mol. The molecular formula is C40H22N4O2. The highest BCUT2D eigenvalue weighted by molar-refractivity contribution is 6.15. The third-order valence-corrected chi connectivity index (χ3v) is 8.75. The SMILES string of the molecule is c1ccc2cc(-c3nc(-c4cccc5oc6ccccc6c45)nc(-c4cccc5oc6cc7cccnc7cc6c45)n3)ccc2c1. The van der Waals surface area contributed by atoms with Gasteiger partial charge in [0.2, 0.25) is 0 Å². The Hall–Kier alpha value is -6.40. The van der Waals surface area contributed by atoms with Gasteiger partial charge >= 0.3 is 0 Å². The summed E-state index contributed by atoms with van der Waals surface area (Å²) < 4.78 is 12.6. The van der Waals surface area contributed by atoms with Crippen LogP contribution < -0.4 is 0 Å². The number of rotatable bonds is 3. The van der Waals surface area contributed by atoms with Crippen molar-refractivity contribution in [2.75, 3.05) is 0 Å². The predicted molar refractivity (Wildman–Crippen MR) is 183 cm³/mol. The first kappa shape index (κ1) is 25.0. The maximum absolute atomic E-state index is 6.38. The average Bonchev–Trinajstić information content (AvgIpc) is 3.68. The molecule has 4 heterocycles. The summed E-state index contributed by atoms with van der Waals surface area (Å²) in [5, 5.41) is 7.21. The molecule has 0 N–H and O–H groups in total. The van der Waals surface area contributed by atoms with Crippen LogP contribution in [0.2, 0.25) is 0 Å². The second-order valence-electron chi connectivity index (χ2n) is 11.5. The minimum absolute atomic E-state index is 0.562. The molecule has 0 amide bonds. The second kappa shape index (κ2) is 9.55. The van der Waals surface area contributed by atoms with Crippen LogP contribution in [0.15, 0.2) is 142 Å². The van der Waals surface area contributed by atoms with Crippen molar-refractivity contribution >= 4 is 65.6 Å². The van der Waals surface area contributed by atoms with Crippen LogP contribution in [-0.4, -0.2) is 19.9 Å². The Morgan fingerprint density at radius 3 is 1.89 bits per heavy atom. The fraction of sp³-hybridized carbons (Fsp3) is 0. The van der Waals surface area contributed by atoms with E-state index in [0.29, 0.717) is 17.5 Å². The van der Waals surface area contributed by atoms with E-state index in [0.717, 1.165) is 82.2 Å². The zero-order valence-corrected chi connectivity index (χ0v) is 24.3. The van der Waals surface area contributed by atoms with Gasteiger partial charge in [-0.3, -0.25) is 4.98 Å². The van der Waals surface area contributed by atoms with Crippen molar-refractivity contribution < 1.29 is 8.83 Å². The van der Waals surface area contributed by atoms with Gasteiger partial charge in [0.25, 0.3) is 0 Å². The highest BCUT2D eigenvalue weighted by atomic mass is 16.3. The number of para-hydroxylation sites is 1. The van der Waals surface area contributed by atoms with Crippen molar-refractivity contribution in [3.63, 3.8) is 0 Å². The molecule has 6 heteroatoms. The number of fused-ring (bicyclic) bond motifs is 8. The first-order chi connectivity index (χ1) is 22.8. The topological polar surface area (TPSA) is 77.8 Å². The lowest BCUT2D eigenvalue weighted by molar-refractivity contribution is 0.669. The third kappa shape index (κ3) is 3.77. The van der Waals surface area contributed by atoms with Gasteiger partial charge in [-0.1, -0.05) is 84.9 Å². The molecule has 0 fully saturated rings. The molecule has 0 saturated heterocycles. The van der Waals surface area contributed by atoms with E-state index in [1.54, 1.807) is 0 Å². The van der Waals surface area contributed by atoms with E-state index in [1.807, 2.05) is 79.0 Å². The van der Waals surface area contributed by atoms with Crippen LogP contribution in [0, 0.1) is 0 Å². The average molecular weight is 591 g/mol. The zero-order chi connectivity index (χ0) is 30.2. The Bertz CT molecular complexity index is 2830. The molecule has 0 unspecified atom stereocenters. The van der Waals surface area contributed by atoms with E-state index < -0.39 is 0 Å². The van der Waals surface area contributed by atoms with Gasteiger partial charge in [-0.05, 0) is 53.2 Å². The maximum Gasteiger partial charge on any atom is 0.164 e. The van der Waals surface area contributed by atoms with Gasteiger partial charge in [-0.15, -0.1) is 0 Å². The smallest absolute Gasteiger partial charge is 0.164 e. The van der Waals surface area contributed by atoms with Crippen LogP contribution in [0.1, 0.15) is 0 Å². The van der Waals surface area contributed by atoms with Crippen LogP contribution in [0.4, 0.5) is 0 Å². The Morgan fingerprint density at radius 2 is 1.07 bits per heavy atom. The van der Waals surface area contributed by atoms with Gasteiger partial charge in [0.05, 0.1) is 5.52 Å². The van der Waals surface area contributed by atoms with Crippen molar-refractivity contribution in [1.82, 2.24) is 19.9 Å². The van der Waals surface area contributed by atoms with Gasteiger partial charge < -0.3 is 8.83 Å². The van der Waals surface area contributed by atoms with E-state index >= 15 is 0 Å². The predicted octanol–water partition coefficient (Wildman–Crippen LogP) is 10.4. The molecule has 0 aliphatic heterocycles. The third-order valence-electron chi connectivity index (χ3n) is 8.75. The van der Waals surface area contributed by atoms with E-state index in [1.165, 1.54) is 0 Å². The zero-order valence-electron chi connectivity index (χ0n) is 24.3. The van der Waals surface area contributed by atoms with Crippen LogP contribution >= 0.6 is 0 Å². The molecule has 10 rings (SSSR count). The highest BCUT2D eigenvalue weighted by Gasteiger charge is 2.20. The number of hydrogen-bond acceptors (Lipinski definition) is 6. The molecule has 46 heavy (non-hydrogen) atoms. The number of hydrogen-bond donors (Lipinski definition) is 0. The Labute approximate surface area is 261 Å². The number of aromatic nitrogens is 4. The quantitative estimate of drug-likeness (QED) is 0.204.